The van der Waals surface area contributed by atoms with Gasteiger partial charge in [-0.05, 0) is 37.8 Å². The zero-order valence-electron chi connectivity index (χ0n) is 17.7. The zero-order valence-corrected chi connectivity index (χ0v) is 17.7. The minimum Gasteiger partial charge on any atom is -0.488 e. The highest BCUT2D eigenvalue weighted by atomic mass is 16.5. The molecule has 1 atom stereocenters. The zero-order chi connectivity index (χ0) is 20.3. The molecule has 7 nitrogen and oxygen atoms in total. The van der Waals surface area contributed by atoms with Gasteiger partial charge in [-0.2, -0.15) is 0 Å². The number of hydrogen-bond donors (Lipinski definition) is 2. The Balaban J connectivity index is 1.39. The van der Waals surface area contributed by atoms with Crippen molar-refractivity contribution in [3.8, 4) is 5.75 Å². The lowest BCUT2D eigenvalue weighted by Gasteiger charge is -2.22. The Morgan fingerprint density at radius 1 is 1.10 bits per heavy atom. The largest absolute Gasteiger partial charge is 0.488 e. The molecule has 0 aliphatic carbocycles. The second kappa shape index (κ2) is 12.0. The van der Waals surface area contributed by atoms with Crippen LogP contribution in [0.4, 0.5) is 0 Å². The van der Waals surface area contributed by atoms with E-state index in [0.717, 1.165) is 75.9 Å². The van der Waals surface area contributed by atoms with E-state index in [0.29, 0.717) is 19.3 Å². The van der Waals surface area contributed by atoms with E-state index in [-0.39, 0.29) is 6.10 Å². The van der Waals surface area contributed by atoms with Gasteiger partial charge in [-0.3, -0.25) is 4.99 Å². The molecular weight excluding hydrogens is 370 g/mol. The number of nitrogens with zero attached hydrogens (tertiary/aromatic N) is 1. The molecule has 0 spiro atoms. The highest BCUT2D eigenvalue weighted by Gasteiger charge is 2.19. The molecule has 1 aromatic carbocycles. The third-order valence-corrected chi connectivity index (χ3v) is 5.21. The van der Waals surface area contributed by atoms with Crippen molar-refractivity contribution >= 4 is 5.96 Å². The van der Waals surface area contributed by atoms with Gasteiger partial charge in [0.25, 0.3) is 0 Å². The minimum absolute atomic E-state index is 0.142. The molecule has 2 fully saturated rings. The Morgan fingerprint density at radius 3 is 2.66 bits per heavy atom. The first kappa shape index (κ1) is 21.9. The van der Waals surface area contributed by atoms with Gasteiger partial charge in [-0.15, -0.1) is 0 Å². The molecule has 0 saturated carbocycles. The van der Waals surface area contributed by atoms with Crippen LogP contribution in [0.2, 0.25) is 0 Å². The van der Waals surface area contributed by atoms with Gasteiger partial charge in [0.2, 0.25) is 0 Å². The van der Waals surface area contributed by atoms with Gasteiger partial charge in [-0.25, -0.2) is 0 Å². The molecule has 2 heterocycles. The quantitative estimate of drug-likeness (QED) is 0.373. The van der Waals surface area contributed by atoms with E-state index in [9.17, 15) is 0 Å². The number of aryl methyl sites for hydroxylation is 1. The standard InChI is InChI=1S/C22H35N3O4/c1-17-4-5-18(21(14-17)29-20-8-13-27-16-20)15-25-22(23-2)24-9-3-10-28-19-6-11-26-12-7-19/h4-5,14,19-20H,3,6-13,15-16H2,1-2H3,(H2,23,24,25). The molecule has 29 heavy (non-hydrogen) atoms. The molecule has 1 unspecified atom stereocenters. The molecule has 2 saturated heterocycles. The first-order chi connectivity index (χ1) is 14.2. The predicted octanol–water partition coefficient (Wildman–Crippen LogP) is 2.41. The fourth-order valence-corrected chi connectivity index (χ4v) is 3.47. The van der Waals surface area contributed by atoms with E-state index in [4.69, 9.17) is 18.9 Å². The molecule has 2 aliphatic rings. The van der Waals surface area contributed by atoms with Crippen molar-refractivity contribution in [1.29, 1.82) is 0 Å². The molecular formula is C22H35N3O4. The summed E-state index contributed by atoms with van der Waals surface area (Å²) in [6.45, 7) is 7.39. The second-order valence-electron chi connectivity index (χ2n) is 7.60. The van der Waals surface area contributed by atoms with E-state index >= 15 is 0 Å². The third kappa shape index (κ3) is 7.49. The van der Waals surface area contributed by atoms with Gasteiger partial charge >= 0.3 is 0 Å². The molecule has 0 aromatic heterocycles. The lowest BCUT2D eigenvalue weighted by molar-refractivity contribution is -0.0320. The van der Waals surface area contributed by atoms with Crippen LogP contribution in [0.5, 0.6) is 5.75 Å². The van der Waals surface area contributed by atoms with Gasteiger partial charge < -0.3 is 29.6 Å². The Hall–Kier alpha value is -1.83. The molecule has 3 rings (SSSR count). The molecule has 0 radical (unpaired) electrons. The Morgan fingerprint density at radius 2 is 1.90 bits per heavy atom. The number of hydrogen-bond acceptors (Lipinski definition) is 5. The van der Waals surface area contributed by atoms with Crippen LogP contribution in [0.1, 0.15) is 36.8 Å². The lowest BCUT2D eigenvalue weighted by atomic mass is 10.1. The van der Waals surface area contributed by atoms with E-state index in [1.54, 1.807) is 7.05 Å². The van der Waals surface area contributed by atoms with Crippen molar-refractivity contribution in [2.45, 2.75) is 51.4 Å². The second-order valence-corrected chi connectivity index (χ2v) is 7.60. The van der Waals surface area contributed by atoms with Gasteiger partial charge in [0.05, 0.1) is 19.3 Å². The highest BCUT2D eigenvalue weighted by molar-refractivity contribution is 5.79. The smallest absolute Gasteiger partial charge is 0.191 e. The van der Waals surface area contributed by atoms with Crippen molar-refractivity contribution in [3.05, 3.63) is 29.3 Å². The Bertz CT molecular complexity index is 641. The number of guanidine groups is 1. The Kier molecular flexibility index (Phi) is 9.05. The summed E-state index contributed by atoms with van der Waals surface area (Å²) in [5.41, 5.74) is 2.31. The summed E-state index contributed by atoms with van der Waals surface area (Å²) in [6, 6.07) is 6.32. The topological polar surface area (TPSA) is 73.3 Å². The summed E-state index contributed by atoms with van der Waals surface area (Å²) < 4.78 is 22.9. The van der Waals surface area contributed by atoms with E-state index < -0.39 is 0 Å². The maximum absolute atomic E-state index is 6.17. The van der Waals surface area contributed by atoms with Crippen LogP contribution in [-0.2, 0) is 20.8 Å². The monoisotopic (exact) mass is 405 g/mol. The number of ether oxygens (including phenoxy) is 4. The molecule has 1 aromatic rings. The number of nitrogens with one attached hydrogen (secondary N) is 2. The van der Waals surface area contributed by atoms with Gasteiger partial charge in [-0.1, -0.05) is 12.1 Å². The van der Waals surface area contributed by atoms with Crippen molar-refractivity contribution in [1.82, 2.24) is 10.6 Å². The highest BCUT2D eigenvalue weighted by Crippen LogP contribution is 2.23. The summed E-state index contributed by atoms with van der Waals surface area (Å²) in [7, 11) is 1.79. The van der Waals surface area contributed by atoms with Crippen LogP contribution >= 0.6 is 0 Å². The van der Waals surface area contributed by atoms with Crippen LogP contribution in [0.25, 0.3) is 0 Å². The molecule has 162 valence electrons. The fourth-order valence-electron chi connectivity index (χ4n) is 3.47. The first-order valence-electron chi connectivity index (χ1n) is 10.7. The van der Waals surface area contributed by atoms with E-state index in [1.807, 2.05) is 0 Å². The summed E-state index contributed by atoms with van der Waals surface area (Å²) in [5, 5.41) is 6.74. The van der Waals surface area contributed by atoms with Crippen molar-refractivity contribution in [2.24, 2.45) is 4.99 Å². The van der Waals surface area contributed by atoms with Crippen molar-refractivity contribution < 1.29 is 18.9 Å². The number of benzene rings is 1. The van der Waals surface area contributed by atoms with Gasteiger partial charge in [0.1, 0.15) is 11.9 Å². The normalized spacial score (nSPS) is 20.6. The Labute approximate surface area is 174 Å². The van der Waals surface area contributed by atoms with Crippen LogP contribution in [-0.4, -0.2) is 64.8 Å². The van der Waals surface area contributed by atoms with Gasteiger partial charge in [0, 0.05) is 51.9 Å². The number of aliphatic imine (C=N–C) groups is 1. The van der Waals surface area contributed by atoms with E-state index in [1.165, 1.54) is 5.56 Å². The molecule has 7 heteroatoms. The fraction of sp³-hybridized carbons (Fsp3) is 0.682. The van der Waals surface area contributed by atoms with Crippen LogP contribution in [0, 0.1) is 6.92 Å². The maximum Gasteiger partial charge on any atom is 0.191 e. The maximum atomic E-state index is 6.17. The van der Waals surface area contributed by atoms with Gasteiger partial charge in [0.15, 0.2) is 5.96 Å². The van der Waals surface area contributed by atoms with Crippen LogP contribution < -0.4 is 15.4 Å². The molecule has 2 N–H and O–H groups in total. The van der Waals surface area contributed by atoms with Crippen molar-refractivity contribution in [2.75, 3.05) is 46.6 Å². The molecule has 0 amide bonds. The summed E-state index contributed by atoms with van der Waals surface area (Å²) in [4.78, 5) is 4.32. The minimum atomic E-state index is 0.142. The SMILES string of the molecule is CN=C(NCCCOC1CCOCC1)NCc1ccc(C)cc1OC1CCOC1. The summed E-state index contributed by atoms with van der Waals surface area (Å²) in [5.74, 6) is 1.71. The van der Waals surface area contributed by atoms with Crippen molar-refractivity contribution in [3.63, 3.8) is 0 Å². The summed E-state index contributed by atoms with van der Waals surface area (Å²) >= 11 is 0. The van der Waals surface area contributed by atoms with E-state index in [2.05, 4.69) is 40.7 Å². The lowest BCUT2D eigenvalue weighted by Crippen LogP contribution is -2.38. The average Bonchev–Trinajstić information content (AvgIpc) is 3.25. The molecule has 2 aliphatic heterocycles. The third-order valence-electron chi connectivity index (χ3n) is 5.21. The number of rotatable bonds is 9. The summed E-state index contributed by atoms with van der Waals surface area (Å²) in [6.07, 6.45) is 4.39. The predicted molar refractivity (Wildman–Crippen MR) is 114 cm³/mol. The van der Waals surface area contributed by atoms with Crippen LogP contribution in [0.15, 0.2) is 23.2 Å². The first-order valence-corrected chi connectivity index (χ1v) is 10.7. The average molecular weight is 406 g/mol. The molecule has 0 bridgehead atoms. The van der Waals surface area contributed by atoms with Crippen LogP contribution in [0.3, 0.4) is 0 Å².